The van der Waals surface area contributed by atoms with Gasteiger partial charge in [-0.3, -0.25) is 0 Å². The second kappa shape index (κ2) is 5.99. The van der Waals surface area contributed by atoms with Crippen LogP contribution in [0.4, 0.5) is 5.82 Å². The molecule has 0 radical (unpaired) electrons. The molecule has 2 N–H and O–H groups in total. The SMILES string of the molecule is CCNCCNc1ccc(C#N)c(C)n1. The number of likely N-dealkylation sites (N-methyl/N-ethyl adjacent to an activating group) is 1. The lowest BCUT2D eigenvalue weighted by Crippen LogP contribution is -2.21. The standard InChI is InChI=1S/C11H16N4/c1-3-13-6-7-14-11-5-4-10(8-12)9(2)15-11/h4-5,13H,3,6-7H2,1-2H3,(H,14,15). The lowest BCUT2D eigenvalue weighted by molar-refractivity contribution is 0.737. The highest BCUT2D eigenvalue weighted by Crippen LogP contribution is 2.08. The zero-order chi connectivity index (χ0) is 11.1. The molecule has 0 aliphatic rings. The van der Waals surface area contributed by atoms with Crippen molar-refractivity contribution in [2.75, 3.05) is 25.0 Å². The van der Waals surface area contributed by atoms with Crippen molar-refractivity contribution in [1.82, 2.24) is 10.3 Å². The van der Waals surface area contributed by atoms with Gasteiger partial charge in [-0.05, 0) is 25.6 Å². The predicted molar refractivity (Wildman–Crippen MR) is 60.7 cm³/mol. The van der Waals surface area contributed by atoms with Gasteiger partial charge in [-0.15, -0.1) is 0 Å². The molecule has 0 fully saturated rings. The lowest BCUT2D eigenvalue weighted by atomic mass is 10.2. The smallest absolute Gasteiger partial charge is 0.126 e. The number of nitrogens with one attached hydrogen (secondary N) is 2. The molecule has 0 amide bonds. The van der Waals surface area contributed by atoms with Crippen molar-refractivity contribution in [3.63, 3.8) is 0 Å². The van der Waals surface area contributed by atoms with E-state index >= 15 is 0 Å². The Kier molecular flexibility index (Phi) is 4.58. The minimum absolute atomic E-state index is 0.632. The van der Waals surface area contributed by atoms with Crippen LogP contribution in [-0.4, -0.2) is 24.6 Å². The normalized spacial score (nSPS) is 9.67. The Balaban J connectivity index is 2.49. The van der Waals surface area contributed by atoms with E-state index in [1.54, 1.807) is 6.07 Å². The first kappa shape index (κ1) is 11.5. The third-order valence-electron chi connectivity index (χ3n) is 2.06. The molecule has 0 unspecified atom stereocenters. The largest absolute Gasteiger partial charge is 0.369 e. The van der Waals surface area contributed by atoms with Crippen LogP contribution in [0.25, 0.3) is 0 Å². The molecule has 0 saturated heterocycles. The lowest BCUT2D eigenvalue weighted by Gasteiger charge is -2.06. The first-order chi connectivity index (χ1) is 7.27. The van der Waals surface area contributed by atoms with Crippen LogP contribution in [0.3, 0.4) is 0 Å². The minimum atomic E-state index is 0.632. The fraction of sp³-hybridized carbons (Fsp3) is 0.455. The second-order valence-corrected chi connectivity index (χ2v) is 3.22. The highest BCUT2D eigenvalue weighted by Gasteiger charge is 1.99. The van der Waals surface area contributed by atoms with Crippen LogP contribution in [0, 0.1) is 18.3 Å². The van der Waals surface area contributed by atoms with Gasteiger partial charge in [-0.25, -0.2) is 4.98 Å². The van der Waals surface area contributed by atoms with Crippen LogP contribution in [0.1, 0.15) is 18.2 Å². The summed E-state index contributed by atoms with van der Waals surface area (Å²) < 4.78 is 0. The third kappa shape index (κ3) is 3.56. The summed E-state index contributed by atoms with van der Waals surface area (Å²) in [7, 11) is 0. The van der Waals surface area contributed by atoms with E-state index in [1.807, 2.05) is 13.0 Å². The Hall–Kier alpha value is -1.60. The highest BCUT2D eigenvalue weighted by atomic mass is 15.0. The van der Waals surface area contributed by atoms with Gasteiger partial charge in [0.05, 0.1) is 11.3 Å². The van der Waals surface area contributed by atoms with Gasteiger partial charge in [0, 0.05) is 13.1 Å². The maximum absolute atomic E-state index is 8.73. The summed E-state index contributed by atoms with van der Waals surface area (Å²) in [6, 6.07) is 5.72. The summed E-state index contributed by atoms with van der Waals surface area (Å²) in [5.74, 6) is 0.824. The van der Waals surface area contributed by atoms with E-state index in [9.17, 15) is 0 Å². The Bertz CT molecular complexity index is 354. The Morgan fingerprint density at radius 3 is 2.80 bits per heavy atom. The second-order valence-electron chi connectivity index (χ2n) is 3.22. The van der Waals surface area contributed by atoms with Gasteiger partial charge in [0.15, 0.2) is 0 Å². The minimum Gasteiger partial charge on any atom is -0.369 e. The number of hydrogen-bond donors (Lipinski definition) is 2. The van der Waals surface area contributed by atoms with Gasteiger partial charge >= 0.3 is 0 Å². The van der Waals surface area contributed by atoms with E-state index in [0.29, 0.717) is 5.56 Å². The van der Waals surface area contributed by atoms with E-state index in [0.717, 1.165) is 31.1 Å². The van der Waals surface area contributed by atoms with Gasteiger partial charge in [0.1, 0.15) is 11.9 Å². The molecule has 0 spiro atoms. The number of pyridine rings is 1. The molecule has 0 atom stereocenters. The monoisotopic (exact) mass is 204 g/mol. The molecule has 4 heteroatoms. The van der Waals surface area contributed by atoms with Crippen molar-refractivity contribution in [2.45, 2.75) is 13.8 Å². The summed E-state index contributed by atoms with van der Waals surface area (Å²) in [5.41, 5.74) is 1.40. The van der Waals surface area contributed by atoms with Gasteiger partial charge in [-0.1, -0.05) is 6.92 Å². The van der Waals surface area contributed by atoms with E-state index in [4.69, 9.17) is 5.26 Å². The van der Waals surface area contributed by atoms with Crippen molar-refractivity contribution < 1.29 is 0 Å². The first-order valence-electron chi connectivity index (χ1n) is 5.10. The molecule has 0 aliphatic carbocycles. The van der Waals surface area contributed by atoms with Gasteiger partial charge in [-0.2, -0.15) is 5.26 Å². The van der Waals surface area contributed by atoms with E-state index in [2.05, 4.69) is 28.6 Å². The van der Waals surface area contributed by atoms with Crippen LogP contribution in [0.2, 0.25) is 0 Å². The quantitative estimate of drug-likeness (QED) is 0.709. The molecule has 4 nitrogen and oxygen atoms in total. The molecule has 0 bridgehead atoms. The first-order valence-corrected chi connectivity index (χ1v) is 5.10. The van der Waals surface area contributed by atoms with Crippen molar-refractivity contribution in [3.8, 4) is 6.07 Å². The van der Waals surface area contributed by atoms with Gasteiger partial charge in [0.2, 0.25) is 0 Å². The van der Waals surface area contributed by atoms with Crippen molar-refractivity contribution in [2.24, 2.45) is 0 Å². The molecule has 0 aliphatic heterocycles. The zero-order valence-corrected chi connectivity index (χ0v) is 9.17. The Morgan fingerprint density at radius 2 is 2.20 bits per heavy atom. The average molecular weight is 204 g/mol. The molecule has 1 aromatic heterocycles. The molecule has 0 saturated carbocycles. The summed E-state index contributed by atoms with van der Waals surface area (Å²) >= 11 is 0. The molecule has 1 aromatic rings. The van der Waals surface area contributed by atoms with Crippen LogP contribution in [0.5, 0.6) is 0 Å². The summed E-state index contributed by atoms with van der Waals surface area (Å²) in [4.78, 5) is 4.28. The molecular weight excluding hydrogens is 188 g/mol. The fourth-order valence-electron chi connectivity index (χ4n) is 1.23. The number of nitriles is 1. The average Bonchev–Trinajstić information content (AvgIpc) is 2.25. The van der Waals surface area contributed by atoms with E-state index < -0.39 is 0 Å². The van der Waals surface area contributed by atoms with Crippen LogP contribution in [0.15, 0.2) is 12.1 Å². The van der Waals surface area contributed by atoms with Crippen LogP contribution < -0.4 is 10.6 Å². The molecule has 0 aromatic carbocycles. The van der Waals surface area contributed by atoms with Crippen molar-refractivity contribution >= 4 is 5.82 Å². The van der Waals surface area contributed by atoms with E-state index in [1.165, 1.54) is 0 Å². The molecule has 1 rings (SSSR count). The fourth-order valence-corrected chi connectivity index (χ4v) is 1.23. The van der Waals surface area contributed by atoms with Crippen LogP contribution >= 0.6 is 0 Å². The number of anilines is 1. The van der Waals surface area contributed by atoms with Crippen LogP contribution in [-0.2, 0) is 0 Å². The van der Waals surface area contributed by atoms with Crippen molar-refractivity contribution in [1.29, 1.82) is 5.26 Å². The zero-order valence-electron chi connectivity index (χ0n) is 9.17. The summed E-state index contributed by atoms with van der Waals surface area (Å²) in [6.45, 7) is 6.64. The summed E-state index contributed by atoms with van der Waals surface area (Å²) in [6.07, 6.45) is 0. The third-order valence-corrected chi connectivity index (χ3v) is 2.06. The number of aryl methyl sites for hydroxylation is 1. The number of aromatic nitrogens is 1. The summed E-state index contributed by atoms with van der Waals surface area (Å²) in [5, 5.41) is 15.1. The highest BCUT2D eigenvalue weighted by molar-refractivity contribution is 5.42. The molecule has 80 valence electrons. The number of rotatable bonds is 5. The molecule has 15 heavy (non-hydrogen) atoms. The topological polar surface area (TPSA) is 60.7 Å². The number of hydrogen-bond acceptors (Lipinski definition) is 4. The van der Waals surface area contributed by atoms with E-state index in [-0.39, 0.29) is 0 Å². The molecular formula is C11H16N4. The van der Waals surface area contributed by atoms with Gasteiger partial charge < -0.3 is 10.6 Å². The molecule has 1 heterocycles. The maximum atomic E-state index is 8.73. The Morgan fingerprint density at radius 1 is 1.40 bits per heavy atom. The number of nitrogens with zero attached hydrogens (tertiary/aromatic N) is 2. The maximum Gasteiger partial charge on any atom is 0.126 e. The van der Waals surface area contributed by atoms with Gasteiger partial charge in [0.25, 0.3) is 0 Å². The predicted octanol–water partition coefficient (Wildman–Crippen LogP) is 1.28. The van der Waals surface area contributed by atoms with Crippen molar-refractivity contribution in [3.05, 3.63) is 23.4 Å². The Labute approximate surface area is 90.3 Å².